The van der Waals surface area contributed by atoms with E-state index in [4.69, 9.17) is 9.15 Å². The van der Waals surface area contributed by atoms with E-state index >= 15 is 0 Å². The van der Waals surface area contributed by atoms with Crippen molar-refractivity contribution in [3.63, 3.8) is 0 Å². The van der Waals surface area contributed by atoms with E-state index in [1.165, 1.54) is 25.3 Å². The molecule has 6 nitrogen and oxygen atoms in total. The fourth-order valence-electron chi connectivity index (χ4n) is 2.33. The van der Waals surface area contributed by atoms with Crippen molar-refractivity contribution in [3.8, 4) is 0 Å². The van der Waals surface area contributed by atoms with Gasteiger partial charge in [-0.25, -0.2) is 0 Å². The summed E-state index contributed by atoms with van der Waals surface area (Å²) in [7, 11) is 1.43. The Bertz CT molecular complexity index is 969. The number of amides is 1. The lowest BCUT2D eigenvalue weighted by molar-refractivity contribution is -0.119. The molecule has 0 bridgehead atoms. The maximum Gasteiger partial charge on any atom is 0.250 e. The number of benzene rings is 1. The third-order valence-electron chi connectivity index (χ3n) is 3.59. The van der Waals surface area contributed by atoms with Crippen LogP contribution in [0.5, 0.6) is 0 Å². The molecule has 0 atom stereocenters. The first kappa shape index (κ1) is 19.8. The van der Waals surface area contributed by atoms with Gasteiger partial charge in [0.1, 0.15) is 24.2 Å². The molecule has 0 aliphatic carbocycles. The summed E-state index contributed by atoms with van der Waals surface area (Å²) in [5.74, 6) is -0.530. The van der Waals surface area contributed by atoms with Crippen LogP contribution in [0.3, 0.4) is 0 Å². The monoisotopic (exact) mass is 365 g/mol. The van der Waals surface area contributed by atoms with Gasteiger partial charge in [-0.1, -0.05) is 37.4 Å². The van der Waals surface area contributed by atoms with Crippen molar-refractivity contribution >= 4 is 35.6 Å². The lowest BCUT2D eigenvalue weighted by Crippen LogP contribution is -2.17. The van der Waals surface area contributed by atoms with E-state index in [9.17, 15) is 14.4 Å². The molecule has 0 radical (unpaired) electrons. The van der Waals surface area contributed by atoms with Gasteiger partial charge in [0, 0.05) is 12.8 Å². The minimum absolute atomic E-state index is 0.0549. The quantitative estimate of drug-likeness (QED) is 0.572. The molecule has 0 aliphatic heterocycles. The van der Waals surface area contributed by atoms with Gasteiger partial charge in [0.25, 0.3) is 0 Å². The first-order valence-corrected chi connectivity index (χ1v) is 8.02. The Balaban J connectivity index is 2.22. The number of ketones is 1. The zero-order valence-corrected chi connectivity index (χ0v) is 14.9. The van der Waals surface area contributed by atoms with Crippen LogP contribution in [0.1, 0.15) is 27.2 Å². The second-order valence-corrected chi connectivity index (χ2v) is 5.47. The van der Waals surface area contributed by atoms with Crippen LogP contribution in [0.15, 0.2) is 59.0 Å². The molecule has 0 aliphatic rings. The number of nitrogens with one attached hydrogen (secondary N) is 1. The van der Waals surface area contributed by atoms with E-state index in [2.05, 4.69) is 18.5 Å². The Morgan fingerprint density at radius 1 is 1.26 bits per heavy atom. The largest absolute Gasteiger partial charge is 0.463 e. The number of rotatable bonds is 8. The van der Waals surface area contributed by atoms with Gasteiger partial charge in [-0.3, -0.25) is 14.4 Å². The molecular formula is C21H19NO5. The van der Waals surface area contributed by atoms with Crippen LogP contribution in [-0.4, -0.2) is 25.4 Å². The molecule has 0 fully saturated rings. The van der Waals surface area contributed by atoms with Gasteiger partial charge in [0.15, 0.2) is 5.78 Å². The van der Waals surface area contributed by atoms with E-state index in [0.717, 1.165) is 6.26 Å². The number of carbonyl (C=O) groups is 2. The first-order valence-electron chi connectivity index (χ1n) is 8.02. The maximum atomic E-state index is 12.4. The van der Waals surface area contributed by atoms with E-state index in [0.29, 0.717) is 11.3 Å². The fraction of sp³-hybridized carbons (Fsp3) is 0.0952. The Kier molecular flexibility index (Phi) is 6.79. The van der Waals surface area contributed by atoms with Gasteiger partial charge in [-0.2, -0.15) is 0 Å². The third-order valence-corrected chi connectivity index (χ3v) is 3.59. The van der Waals surface area contributed by atoms with Crippen molar-refractivity contribution < 1.29 is 18.7 Å². The summed E-state index contributed by atoms with van der Waals surface area (Å²) in [6.45, 7) is 7.06. The SMILES string of the molecule is C=Cc1occ(C(=O)/C=C/c2cccc(NC(=O)COC)c2)c(=O)c1C=C. The predicted molar refractivity (Wildman–Crippen MR) is 105 cm³/mol. The van der Waals surface area contributed by atoms with Crippen LogP contribution in [0.4, 0.5) is 5.69 Å². The molecule has 2 rings (SSSR count). The van der Waals surface area contributed by atoms with Crippen molar-refractivity contribution in [2.24, 2.45) is 0 Å². The van der Waals surface area contributed by atoms with Gasteiger partial charge < -0.3 is 14.5 Å². The molecule has 27 heavy (non-hydrogen) atoms. The van der Waals surface area contributed by atoms with Crippen LogP contribution in [0, 0.1) is 0 Å². The van der Waals surface area contributed by atoms with Crippen LogP contribution in [-0.2, 0) is 9.53 Å². The van der Waals surface area contributed by atoms with Crippen molar-refractivity contribution in [1.29, 1.82) is 0 Å². The number of hydrogen-bond acceptors (Lipinski definition) is 5. The molecule has 0 spiro atoms. The summed E-state index contributed by atoms with van der Waals surface area (Å²) in [6.07, 6.45) is 6.63. The highest BCUT2D eigenvalue weighted by Crippen LogP contribution is 2.14. The zero-order valence-electron chi connectivity index (χ0n) is 14.9. The first-order chi connectivity index (χ1) is 13.0. The average molecular weight is 365 g/mol. The zero-order chi connectivity index (χ0) is 19.8. The van der Waals surface area contributed by atoms with E-state index in [-0.39, 0.29) is 29.4 Å². The predicted octanol–water partition coefficient (Wildman–Crippen LogP) is 3.41. The lowest BCUT2D eigenvalue weighted by Gasteiger charge is -2.05. The minimum atomic E-state index is -0.503. The second kappa shape index (κ2) is 9.26. The molecule has 0 saturated heterocycles. The lowest BCUT2D eigenvalue weighted by atomic mass is 10.1. The Morgan fingerprint density at radius 3 is 2.70 bits per heavy atom. The highest BCUT2D eigenvalue weighted by atomic mass is 16.5. The van der Waals surface area contributed by atoms with Gasteiger partial charge in [-0.15, -0.1) is 0 Å². The highest BCUT2D eigenvalue weighted by molar-refractivity contribution is 6.06. The number of allylic oxidation sites excluding steroid dienone is 1. The molecule has 6 heteroatoms. The number of carbonyl (C=O) groups excluding carboxylic acids is 2. The number of hydrogen-bond donors (Lipinski definition) is 1. The number of ether oxygens (including phenoxy) is 1. The standard InChI is InChI=1S/C21H19NO5/c1-4-16-19(5-2)27-12-17(21(16)25)18(23)10-9-14-7-6-8-15(11-14)22-20(24)13-26-3/h4-12H,1-2,13H2,3H3,(H,22,24)/b10-9+. The van der Waals surface area contributed by atoms with Crippen molar-refractivity contribution in [3.05, 3.63) is 82.4 Å². The molecular weight excluding hydrogens is 346 g/mol. The van der Waals surface area contributed by atoms with Crippen LogP contribution >= 0.6 is 0 Å². The van der Waals surface area contributed by atoms with Gasteiger partial charge in [-0.05, 0) is 29.8 Å². The second-order valence-electron chi connectivity index (χ2n) is 5.47. The maximum absolute atomic E-state index is 12.4. The van der Waals surface area contributed by atoms with E-state index in [1.807, 2.05) is 0 Å². The van der Waals surface area contributed by atoms with Crippen molar-refractivity contribution in [2.75, 3.05) is 19.0 Å². The molecule has 138 valence electrons. The average Bonchev–Trinajstić information content (AvgIpc) is 2.66. The third kappa shape index (κ3) is 4.99. The van der Waals surface area contributed by atoms with Crippen molar-refractivity contribution in [2.45, 2.75) is 0 Å². The number of anilines is 1. The smallest absolute Gasteiger partial charge is 0.250 e. The van der Waals surface area contributed by atoms with Crippen molar-refractivity contribution in [1.82, 2.24) is 0 Å². The molecule has 0 saturated carbocycles. The molecule has 1 aromatic heterocycles. The topological polar surface area (TPSA) is 85.6 Å². The molecule has 1 amide bonds. The minimum Gasteiger partial charge on any atom is -0.463 e. The summed E-state index contributed by atoms with van der Waals surface area (Å²) in [6, 6.07) is 6.89. The molecule has 0 unspecified atom stereocenters. The van der Waals surface area contributed by atoms with Gasteiger partial charge >= 0.3 is 0 Å². The normalized spacial score (nSPS) is 10.6. The summed E-state index contributed by atoms with van der Waals surface area (Å²) < 4.78 is 10.0. The van der Waals surface area contributed by atoms with Gasteiger partial charge in [0.2, 0.25) is 11.3 Å². The summed E-state index contributed by atoms with van der Waals surface area (Å²) in [5, 5.41) is 2.67. The van der Waals surface area contributed by atoms with Gasteiger partial charge in [0.05, 0.1) is 5.56 Å². The number of methoxy groups -OCH3 is 1. The highest BCUT2D eigenvalue weighted by Gasteiger charge is 2.14. The summed E-state index contributed by atoms with van der Waals surface area (Å²) in [4.78, 5) is 36.3. The molecule has 1 heterocycles. The van der Waals surface area contributed by atoms with Crippen LogP contribution < -0.4 is 10.7 Å². The van der Waals surface area contributed by atoms with E-state index in [1.54, 1.807) is 30.3 Å². The fourth-order valence-corrected chi connectivity index (χ4v) is 2.33. The summed E-state index contributed by atoms with van der Waals surface area (Å²) in [5.41, 5.74) is 0.856. The Morgan fingerprint density at radius 2 is 2.04 bits per heavy atom. The molecule has 1 aromatic carbocycles. The Labute approximate surface area is 156 Å². The Hall–Kier alpha value is -3.51. The van der Waals surface area contributed by atoms with E-state index < -0.39 is 11.2 Å². The van der Waals surface area contributed by atoms with Crippen LogP contribution in [0.25, 0.3) is 18.2 Å². The van der Waals surface area contributed by atoms with Crippen LogP contribution in [0.2, 0.25) is 0 Å². The molecule has 1 N–H and O–H groups in total. The molecule has 2 aromatic rings. The summed E-state index contributed by atoms with van der Waals surface area (Å²) >= 11 is 0.